The van der Waals surface area contributed by atoms with E-state index in [2.05, 4.69) is 52.9 Å². The van der Waals surface area contributed by atoms with Gasteiger partial charge in [0.05, 0.1) is 0 Å². The maximum Gasteiger partial charge on any atom is 0.0459 e. The fraction of sp³-hybridized carbons (Fsp3) is 0.600. The van der Waals surface area contributed by atoms with Crippen LogP contribution in [0.1, 0.15) is 37.4 Å². The van der Waals surface area contributed by atoms with Gasteiger partial charge in [-0.25, -0.2) is 0 Å². The smallest absolute Gasteiger partial charge is 0.0459 e. The standard InChI is InChI=1S/C20H29N3/c1-3-22(4-2)11-12-23-13-15-9-10-19-20(17(15)14-23)16-7-5-6-8-18(16)21-19/h5-8,15,17,21H,3-4,9-14H2,1-2H3. The molecule has 1 N–H and O–H groups in total. The van der Waals surface area contributed by atoms with Crippen molar-refractivity contribution < 1.29 is 0 Å². The zero-order chi connectivity index (χ0) is 15.8. The molecule has 3 nitrogen and oxygen atoms in total. The summed E-state index contributed by atoms with van der Waals surface area (Å²) < 4.78 is 0. The van der Waals surface area contributed by atoms with Gasteiger partial charge < -0.3 is 14.8 Å². The highest BCUT2D eigenvalue weighted by Gasteiger charge is 2.39. The number of hydrogen-bond donors (Lipinski definition) is 1. The third kappa shape index (κ3) is 2.70. The van der Waals surface area contributed by atoms with Crippen molar-refractivity contribution in [1.29, 1.82) is 0 Å². The second kappa shape index (κ2) is 6.29. The molecule has 1 aromatic carbocycles. The Morgan fingerprint density at radius 2 is 2.00 bits per heavy atom. The number of H-pyrrole nitrogens is 1. The first-order valence-corrected chi connectivity index (χ1v) is 9.34. The number of para-hydroxylation sites is 1. The first-order valence-electron chi connectivity index (χ1n) is 9.34. The highest BCUT2D eigenvalue weighted by atomic mass is 15.2. The van der Waals surface area contributed by atoms with E-state index >= 15 is 0 Å². The normalized spacial score (nSPS) is 24.3. The zero-order valence-electron chi connectivity index (χ0n) is 14.5. The van der Waals surface area contributed by atoms with Gasteiger partial charge in [0.1, 0.15) is 0 Å². The summed E-state index contributed by atoms with van der Waals surface area (Å²) in [5.74, 6) is 1.60. The number of aromatic amines is 1. The minimum absolute atomic E-state index is 0.742. The Morgan fingerprint density at radius 3 is 2.83 bits per heavy atom. The minimum atomic E-state index is 0.742. The van der Waals surface area contributed by atoms with E-state index in [9.17, 15) is 0 Å². The monoisotopic (exact) mass is 311 g/mol. The van der Waals surface area contributed by atoms with E-state index in [1.54, 1.807) is 5.56 Å². The van der Waals surface area contributed by atoms with Crippen LogP contribution in [-0.4, -0.2) is 54.1 Å². The van der Waals surface area contributed by atoms with Crippen LogP contribution in [0.4, 0.5) is 0 Å². The van der Waals surface area contributed by atoms with Gasteiger partial charge in [-0.05, 0) is 43.5 Å². The average molecular weight is 311 g/mol. The maximum atomic E-state index is 3.69. The Hall–Kier alpha value is -1.32. The molecule has 4 rings (SSSR count). The fourth-order valence-corrected chi connectivity index (χ4v) is 4.76. The van der Waals surface area contributed by atoms with E-state index in [1.807, 2.05) is 0 Å². The average Bonchev–Trinajstić information content (AvgIpc) is 3.15. The lowest BCUT2D eigenvalue weighted by molar-refractivity contribution is 0.235. The molecule has 0 amide bonds. The lowest BCUT2D eigenvalue weighted by atomic mass is 9.79. The predicted molar refractivity (Wildman–Crippen MR) is 97.1 cm³/mol. The van der Waals surface area contributed by atoms with Gasteiger partial charge in [-0.2, -0.15) is 0 Å². The largest absolute Gasteiger partial charge is 0.358 e. The molecule has 2 aliphatic rings. The second-order valence-electron chi connectivity index (χ2n) is 7.25. The topological polar surface area (TPSA) is 22.3 Å². The molecule has 2 heterocycles. The van der Waals surface area contributed by atoms with Crippen LogP contribution >= 0.6 is 0 Å². The molecule has 2 aromatic rings. The van der Waals surface area contributed by atoms with E-state index in [1.165, 1.54) is 68.7 Å². The van der Waals surface area contributed by atoms with Gasteiger partial charge in [-0.1, -0.05) is 32.0 Å². The number of hydrogen-bond acceptors (Lipinski definition) is 2. The molecule has 1 aromatic heterocycles. The van der Waals surface area contributed by atoms with E-state index in [0.717, 1.165) is 11.8 Å². The molecule has 3 heteroatoms. The molecule has 2 unspecified atom stereocenters. The van der Waals surface area contributed by atoms with Crippen LogP contribution in [0.3, 0.4) is 0 Å². The second-order valence-corrected chi connectivity index (χ2v) is 7.25. The lowest BCUT2D eigenvalue weighted by Gasteiger charge is -2.24. The molecule has 1 fully saturated rings. The van der Waals surface area contributed by atoms with Crippen LogP contribution < -0.4 is 0 Å². The predicted octanol–water partition coefficient (Wildman–Crippen LogP) is 3.47. The number of nitrogens with zero attached hydrogens (tertiary/aromatic N) is 2. The molecule has 2 atom stereocenters. The van der Waals surface area contributed by atoms with Crippen LogP contribution in [0.2, 0.25) is 0 Å². The number of aromatic nitrogens is 1. The number of likely N-dealkylation sites (N-methyl/N-ethyl adjacent to an activating group) is 1. The Kier molecular flexibility index (Phi) is 4.16. The van der Waals surface area contributed by atoms with Gasteiger partial charge in [-0.15, -0.1) is 0 Å². The van der Waals surface area contributed by atoms with Gasteiger partial charge in [-0.3, -0.25) is 0 Å². The molecule has 23 heavy (non-hydrogen) atoms. The van der Waals surface area contributed by atoms with E-state index in [-0.39, 0.29) is 0 Å². The zero-order valence-corrected chi connectivity index (χ0v) is 14.5. The minimum Gasteiger partial charge on any atom is -0.358 e. The van der Waals surface area contributed by atoms with Crippen molar-refractivity contribution in [2.24, 2.45) is 5.92 Å². The number of likely N-dealkylation sites (tertiary alicyclic amines) is 1. The van der Waals surface area contributed by atoms with Crippen molar-refractivity contribution in [2.45, 2.75) is 32.6 Å². The SMILES string of the molecule is CCN(CC)CCN1CC2CCc3[nH]c4ccccc4c3C2C1. The van der Waals surface area contributed by atoms with Crippen LogP contribution in [-0.2, 0) is 6.42 Å². The molecule has 1 aliphatic heterocycles. The molecule has 0 spiro atoms. The highest BCUT2D eigenvalue weighted by molar-refractivity contribution is 5.85. The van der Waals surface area contributed by atoms with Crippen molar-refractivity contribution in [1.82, 2.24) is 14.8 Å². The van der Waals surface area contributed by atoms with Crippen LogP contribution in [0.15, 0.2) is 24.3 Å². The summed E-state index contributed by atoms with van der Waals surface area (Å²) in [6.07, 6.45) is 2.58. The third-order valence-electron chi connectivity index (χ3n) is 6.11. The van der Waals surface area contributed by atoms with E-state index in [4.69, 9.17) is 0 Å². The highest BCUT2D eigenvalue weighted by Crippen LogP contribution is 2.44. The van der Waals surface area contributed by atoms with Gasteiger partial charge in [0.25, 0.3) is 0 Å². The summed E-state index contributed by atoms with van der Waals surface area (Å²) in [5, 5.41) is 1.47. The number of benzene rings is 1. The number of nitrogens with one attached hydrogen (secondary N) is 1. The van der Waals surface area contributed by atoms with Crippen LogP contribution in [0.25, 0.3) is 10.9 Å². The number of fused-ring (bicyclic) bond motifs is 5. The summed E-state index contributed by atoms with van der Waals surface area (Å²) in [7, 11) is 0. The Labute approximate surface area is 139 Å². The van der Waals surface area contributed by atoms with E-state index < -0.39 is 0 Å². The quantitative estimate of drug-likeness (QED) is 0.913. The first kappa shape index (κ1) is 15.2. The molecule has 124 valence electrons. The van der Waals surface area contributed by atoms with Crippen LogP contribution in [0, 0.1) is 5.92 Å². The lowest BCUT2D eigenvalue weighted by Crippen LogP contribution is -2.34. The molecule has 1 aliphatic carbocycles. The summed E-state index contributed by atoms with van der Waals surface area (Å²) >= 11 is 0. The summed E-state index contributed by atoms with van der Waals surface area (Å²) in [5.41, 5.74) is 4.49. The number of rotatable bonds is 5. The summed E-state index contributed by atoms with van der Waals surface area (Å²) in [6.45, 7) is 11.9. The summed E-state index contributed by atoms with van der Waals surface area (Å²) in [4.78, 5) is 8.94. The fourth-order valence-electron chi connectivity index (χ4n) is 4.76. The summed E-state index contributed by atoms with van der Waals surface area (Å²) in [6, 6.07) is 8.88. The maximum absolute atomic E-state index is 3.69. The molecule has 1 saturated heterocycles. The van der Waals surface area contributed by atoms with Crippen molar-refractivity contribution in [3.05, 3.63) is 35.5 Å². The number of aryl methyl sites for hydroxylation is 1. The van der Waals surface area contributed by atoms with Gasteiger partial charge in [0.15, 0.2) is 0 Å². The Morgan fingerprint density at radius 1 is 1.17 bits per heavy atom. The van der Waals surface area contributed by atoms with Crippen molar-refractivity contribution in [3.8, 4) is 0 Å². The molecule has 0 radical (unpaired) electrons. The van der Waals surface area contributed by atoms with E-state index in [0.29, 0.717) is 0 Å². The molecular weight excluding hydrogens is 282 g/mol. The third-order valence-corrected chi connectivity index (χ3v) is 6.11. The Balaban J connectivity index is 1.53. The van der Waals surface area contributed by atoms with Crippen molar-refractivity contribution >= 4 is 10.9 Å². The Bertz CT molecular complexity index is 671. The van der Waals surface area contributed by atoms with Crippen molar-refractivity contribution in [3.63, 3.8) is 0 Å². The van der Waals surface area contributed by atoms with Gasteiger partial charge in [0, 0.05) is 48.7 Å². The van der Waals surface area contributed by atoms with Crippen molar-refractivity contribution in [2.75, 3.05) is 39.3 Å². The van der Waals surface area contributed by atoms with Gasteiger partial charge >= 0.3 is 0 Å². The van der Waals surface area contributed by atoms with Gasteiger partial charge in [0.2, 0.25) is 0 Å². The van der Waals surface area contributed by atoms with Crippen LogP contribution in [0.5, 0.6) is 0 Å². The molecule has 0 bridgehead atoms. The molecule has 0 saturated carbocycles. The molecular formula is C20H29N3. The first-order chi connectivity index (χ1) is 11.3.